The first kappa shape index (κ1) is 15.5. The van der Waals surface area contributed by atoms with Crippen molar-refractivity contribution in [3.05, 3.63) is 31.9 Å². The first-order chi connectivity index (χ1) is 9.63. The first-order valence-electron chi connectivity index (χ1n) is 6.98. The molecule has 0 amide bonds. The summed E-state index contributed by atoms with van der Waals surface area (Å²) in [6.07, 6.45) is 4.46. The van der Waals surface area contributed by atoms with E-state index in [9.17, 15) is 10.1 Å². The second-order valence-corrected chi connectivity index (χ2v) is 6.37. The van der Waals surface area contributed by atoms with E-state index in [0.717, 1.165) is 41.6 Å². The summed E-state index contributed by atoms with van der Waals surface area (Å²) in [7, 11) is 1.94. The summed E-state index contributed by atoms with van der Waals surface area (Å²) in [5.41, 5.74) is 1.00. The lowest BCUT2D eigenvalue weighted by molar-refractivity contribution is -0.384. The maximum absolute atomic E-state index is 11.3. The Morgan fingerprint density at radius 2 is 2.30 bits per heavy atom. The molecule has 1 saturated heterocycles. The summed E-state index contributed by atoms with van der Waals surface area (Å²) in [4.78, 5) is 13.3. The zero-order chi connectivity index (χ0) is 14.5. The quantitative estimate of drug-likeness (QED) is 0.478. The molecule has 0 bridgehead atoms. The van der Waals surface area contributed by atoms with E-state index in [1.54, 1.807) is 6.07 Å². The van der Waals surface area contributed by atoms with Crippen LogP contribution in [0.5, 0.6) is 0 Å². The third kappa shape index (κ3) is 3.60. The third-order valence-electron chi connectivity index (χ3n) is 3.80. The number of hydrogen-bond donors (Lipinski definition) is 1. The number of piperidine rings is 1. The van der Waals surface area contributed by atoms with Crippen LogP contribution in [0, 0.1) is 13.7 Å². The Hall–Kier alpha value is -0.890. The molecule has 0 aromatic heterocycles. The van der Waals surface area contributed by atoms with Crippen molar-refractivity contribution < 1.29 is 4.92 Å². The lowest BCUT2D eigenvalue weighted by Gasteiger charge is -2.37. The van der Waals surface area contributed by atoms with E-state index in [4.69, 9.17) is 0 Å². The van der Waals surface area contributed by atoms with Crippen LogP contribution in [0.1, 0.15) is 25.7 Å². The van der Waals surface area contributed by atoms with Gasteiger partial charge in [-0.1, -0.05) is 0 Å². The molecule has 5 nitrogen and oxygen atoms in total. The number of nitro groups is 1. The normalized spacial score (nSPS) is 19.1. The van der Waals surface area contributed by atoms with Crippen LogP contribution in [0.25, 0.3) is 0 Å². The summed E-state index contributed by atoms with van der Waals surface area (Å²) in [5, 5.41) is 14.5. The maximum Gasteiger partial charge on any atom is 0.293 e. The van der Waals surface area contributed by atoms with Crippen LogP contribution in [-0.2, 0) is 0 Å². The molecule has 1 aromatic carbocycles. The molecule has 2 rings (SSSR count). The Morgan fingerprint density at radius 3 is 3.00 bits per heavy atom. The van der Waals surface area contributed by atoms with Gasteiger partial charge >= 0.3 is 0 Å². The highest BCUT2D eigenvalue weighted by atomic mass is 127. The zero-order valence-corrected chi connectivity index (χ0v) is 13.8. The highest BCUT2D eigenvalue weighted by molar-refractivity contribution is 14.1. The number of halogens is 1. The fourth-order valence-electron chi connectivity index (χ4n) is 2.81. The molecule has 1 unspecified atom stereocenters. The van der Waals surface area contributed by atoms with Crippen LogP contribution in [0.4, 0.5) is 11.4 Å². The molecule has 0 spiro atoms. The molecule has 1 heterocycles. The van der Waals surface area contributed by atoms with Crippen LogP contribution >= 0.6 is 22.6 Å². The number of benzene rings is 1. The van der Waals surface area contributed by atoms with Gasteiger partial charge in [0.05, 0.1) is 4.92 Å². The number of nitrogens with zero attached hydrogens (tertiary/aromatic N) is 2. The van der Waals surface area contributed by atoms with Crippen molar-refractivity contribution in [1.29, 1.82) is 0 Å². The Morgan fingerprint density at radius 1 is 1.50 bits per heavy atom. The molecule has 110 valence electrons. The van der Waals surface area contributed by atoms with Gasteiger partial charge in [-0.05, 0) is 74.0 Å². The summed E-state index contributed by atoms with van der Waals surface area (Å²) >= 11 is 2.12. The SMILES string of the molecule is CNCCC1CCCCN1c1ccc(I)cc1[N+](=O)[O-]. The van der Waals surface area contributed by atoms with Crippen molar-refractivity contribution in [2.75, 3.05) is 25.0 Å². The zero-order valence-electron chi connectivity index (χ0n) is 11.6. The molecule has 1 N–H and O–H groups in total. The lowest BCUT2D eigenvalue weighted by atomic mass is 9.98. The standard InChI is InChI=1S/C14H20IN3O2/c1-16-8-7-12-4-2-3-9-17(12)13-6-5-11(15)10-14(13)18(19)20/h5-6,10,12,16H,2-4,7-9H2,1H3. The van der Waals surface area contributed by atoms with Gasteiger partial charge in [0.1, 0.15) is 5.69 Å². The molecule has 20 heavy (non-hydrogen) atoms. The fourth-order valence-corrected chi connectivity index (χ4v) is 3.29. The van der Waals surface area contributed by atoms with Crippen LogP contribution in [0.3, 0.4) is 0 Å². The smallest absolute Gasteiger partial charge is 0.293 e. The van der Waals surface area contributed by atoms with Gasteiger partial charge in [0.25, 0.3) is 5.69 Å². The Labute approximate surface area is 133 Å². The predicted molar refractivity (Wildman–Crippen MR) is 89.3 cm³/mol. The van der Waals surface area contributed by atoms with Crippen molar-refractivity contribution >= 4 is 34.0 Å². The molecule has 0 aliphatic carbocycles. The Kier molecular flexibility index (Phi) is 5.59. The fraction of sp³-hybridized carbons (Fsp3) is 0.571. The topological polar surface area (TPSA) is 58.4 Å². The van der Waals surface area contributed by atoms with E-state index in [-0.39, 0.29) is 10.6 Å². The van der Waals surface area contributed by atoms with Gasteiger partial charge in [0.15, 0.2) is 0 Å². The van der Waals surface area contributed by atoms with Crippen LogP contribution in [0.15, 0.2) is 18.2 Å². The van der Waals surface area contributed by atoms with Gasteiger partial charge < -0.3 is 10.2 Å². The minimum absolute atomic E-state index is 0.230. The van der Waals surface area contributed by atoms with E-state index in [1.165, 1.54) is 6.42 Å². The van der Waals surface area contributed by atoms with Gasteiger partial charge in [0, 0.05) is 22.2 Å². The number of anilines is 1. The predicted octanol–water partition coefficient (Wildman–Crippen LogP) is 3.17. The van der Waals surface area contributed by atoms with Crippen molar-refractivity contribution in [3.63, 3.8) is 0 Å². The van der Waals surface area contributed by atoms with Crippen molar-refractivity contribution in [3.8, 4) is 0 Å². The molecule has 0 saturated carbocycles. The summed E-state index contributed by atoms with van der Waals surface area (Å²) in [6, 6.07) is 5.92. The highest BCUT2D eigenvalue weighted by Gasteiger charge is 2.27. The van der Waals surface area contributed by atoms with Crippen molar-refractivity contribution in [2.45, 2.75) is 31.7 Å². The third-order valence-corrected chi connectivity index (χ3v) is 4.47. The summed E-state index contributed by atoms with van der Waals surface area (Å²) < 4.78 is 0.904. The molecule has 0 radical (unpaired) electrons. The van der Waals surface area contributed by atoms with Gasteiger partial charge in [-0.25, -0.2) is 0 Å². The van der Waals surface area contributed by atoms with Gasteiger partial charge in [0.2, 0.25) is 0 Å². The monoisotopic (exact) mass is 389 g/mol. The molecule has 1 fully saturated rings. The van der Waals surface area contributed by atoms with E-state index < -0.39 is 0 Å². The molecule has 1 atom stereocenters. The maximum atomic E-state index is 11.3. The molecule has 6 heteroatoms. The second-order valence-electron chi connectivity index (χ2n) is 5.13. The van der Waals surface area contributed by atoms with Crippen molar-refractivity contribution in [2.24, 2.45) is 0 Å². The average molecular weight is 389 g/mol. The largest absolute Gasteiger partial charge is 0.363 e. The lowest BCUT2D eigenvalue weighted by Crippen LogP contribution is -2.41. The molecule has 1 aliphatic rings. The molecular weight excluding hydrogens is 369 g/mol. The number of nitrogens with one attached hydrogen (secondary N) is 1. The highest BCUT2D eigenvalue weighted by Crippen LogP contribution is 2.34. The first-order valence-corrected chi connectivity index (χ1v) is 8.06. The van der Waals surface area contributed by atoms with Gasteiger partial charge in [-0.2, -0.15) is 0 Å². The minimum Gasteiger partial charge on any atom is -0.363 e. The Bertz CT molecular complexity index is 481. The van der Waals surface area contributed by atoms with Crippen LogP contribution in [0.2, 0.25) is 0 Å². The molecular formula is C14H20IN3O2. The molecule has 1 aliphatic heterocycles. The molecule has 1 aromatic rings. The van der Waals surface area contributed by atoms with Gasteiger partial charge in [-0.3, -0.25) is 10.1 Å². The summed E-state index contributed by atoms with van der Waals surface area (Å²) in [5.74, 6) is 0. The summed E-state index contributed by atoms with van der Waals surface area (Å²) in [6.45, 7) is 1.86. The average Bonchev–Trinajstić information content (AvgIpc) is 2.45. The number of hydrogen-bond acceptors (Lipinski definition) is 4. The number of nitro benzene ring substituents is 1. The number of rotatable bonds is 5. The van der Waals surface area contributed by atoms with Crippen LogP contribution in [-0.4, -0.2) is 31.1 Å². The van der Waals surface area contributed by atoms with Crippen LogP contribution < -0.4 is 10.2 Å². The van der Waals surface area contributed by atoms with Crippen molar-refractivity contribution in [1.82, 2.24) is 5.32 Å². The van der Waals surface area contributed by atoms with Gasteiger partial charge in [-0.15, -0.1) is 0 Å². The van der Waals surface area contributed by atoms with E-state index in [1.807, 2.05) is 19.2 Å². The van der Waals surface area contributed by atoms with E-state index >= 15 is 0 Å². The van der Waals surface area contributed by atoms with E-state index in [0.29, 0.717) is 6.04 Å². The minimum atomic E-state index is -0.263. The Balaban J connectivity index is 2.29. The van der Waals surface area contributed by atoms with E-state index in [2.05, 4.69) is 32.8 Å². The second kappa shape index (κ2) is 7.21.